The van der Waals surface area contributed by atoms with Crippen LogP contribution in [0, 0.1) is 0 Å². The molecule has 0 spiro atoms. The number of halogens is 1. The molecule has 1 amide bonds. The zero-order chi connectivity index (χ0) is 18.6. The summed E-state index contributed by atoms with van der Waals surface area (Å²) < 4.78 is 7.25. The number of carbonyl (C=O) groups is 1. The molecule has 4 rings (SSSR count). The fourth-order valence-electron chi connectivity index (χ4n) is 3.12. The molecule has 0 atom stereocenters. The van der Waals surface area contributed by atoms with Gasteiger partial charge in [0, 0.05) is 25.4 Å². The van der Waals surface area contributed by atoms with Crippen molar-refractivity contribution in [3.63, 3.8) is 0 Å². The van der Waals surface area contributed by atoms with Crippen LogP contribution in [0.4, 0.5) is 11.4 Å². The summed E-state index contributed by atoms with van der Waals surface area (Å²) in [6.07, 6.45) is 5.01. The van der Waals surface area contributed by atoms with Gasteiger partial charge in [0.1, 0.15) is 5.65 Å². The Morgan fingerprint density at radius 3 is 2.78 bits per heavy atom. The van der Waals surface area contributed by atoms with Crippen molar-refractivity contribution in [1.29, 1.82) is 0 Å². The first-order chi connectivity index (χ1) is 13.2. The van der Waals surface area contributed by atoms with Gasteiger partial charge < -0.3 is 15.0 Å². The van der Waals surface area contributed by atoms with Crippen LogP contribution in [0.2, 0.25) is 5.15 Å². The number of benzene rings is 1. The molecule has 7 heteroatoms. The third-order valence-electron chi connectivity index (χ3n) is 4.43. The predicted octanol–water partition coefficient (Wildman–Crippen LogP) is 3.48. The number of pyridine rings is 1. The van der Waals surface area contributed by atoms with E-state index in [0.29, 0.717) is 24.1 Å². The Morgan fingerprint density at radius 1 is 1.15 bits per heavy atom. The molecule has 1 fully saturated rings. The average Bonchev–Trinajstić information content (AvgIpc) is 3.02. The van der Waals surface area contributed by atoms with Gasteiger partial charge in [0.2, 0.25) is 5.91 Å². The van der Waals surface area contributed by atoms with Crippen molar-refractivity contribution in [2.75, 3.05) is 36.5 Å². The van der Waals surface area contributed by atoms with Gasteiger partial charge in [-0.25, -0.2) is 4.98 Å². The third kappa shape index (κ3) is 3.82. The molecule has 0 aliphatic carbocycles. The van der Waals surface area contributed by atoms with Crippen molar-refractivity contribution in [3.05, 3.63) is 65.6 Å². The molecule has 1 aromatic carbocycles. The van der Waals surface area contributed by atoms with Crippen molar-refractivity contribution < 1.29 is 9.53 Å². The molecular formula is C20H19ClN4O2. The van der Waals surface area contributed by atoms with Crippen LogP contribution >= 0.6 is 11.6 Å². The maximum absolute atomic E-state index is 12.5. The number of nitrogens with one attached hydrogen (secondary N) is 1. The molecule has 3 heterocycles. The molecule has 2 aromatic heterocycles. The molecule has 0 bridgehead atoms. The van der Waals surface area contributed by atoms with Gasteiger partial charge in [0.15, 0.2) is 5.15 Å². The Kier molecular flexibility index (Phi) is 5.09. The first kappa shape index (κ1) is 17.6. The van der Waals surface area contributed by atoms with Crippen LogP contribution in [-0.4, -0.2) is 41.6 Å². The second-order valence-corrected chi connectivity index (χ2v) is 6.51. The Balaban J connectivity index is 1.53. The van der Waals surface area contributed by atoms with Gasteiger partial charge in [-0.1, -0.05) is 29.8 Å². The summed E-state index contributed by atoms with van der Waals surface area (Å²) >= 11 is 6.20. The molecule has 0 radical (unpaired) electrons. The van der Waals surface area contributed by atoms with Crippen molar-refractivity contribution in [1.82, 2.24) is 9.38 Å². The lowest BCUT2D eigenvalue weighted by Crippen LogP contribution is -2.36. The van der Waals surface area contributed by atoms with E-state index < -0.39 is 0 Å². The van der Waals surface area contributed by atoms with Gasteiger partial charge >= 0.3 is 0 Å². The quantitative estimate of drug-likeness (QED) is 0.702. The molecule has 6 nitrogen and oxygen atoms in total. The number of carbonyl (C=O) groups excluding carboxylic acids is 1. The molecule has 1 aliphatic heterocycles. The molecular weight excluding hydrogens is 364 g/mol. The fraction of sp³-hybridized carbons (Fsp3) is 0.200. The maximum atomic E-state index is 12.5. The van der Waals surface area contributed by atoms with Gasteiger partial charge in [0.05, 0.1) is 30.3 Å². The molecule has 0 unspecified atom stereocenters. The molecule has 1 aliphatic rings. The predicted molar refractivity (Wildman–Crippen MR) is 107 cm³/mol. The number of hydrogen-bond donors (Lipinski definition) is 1. The van der Waals surface area contributed by atoms with Crippen LogP contribution < -0.4 is 10.2 Å². The number of rotatable bonds is 4. The Bertz CT molecular complexity index is 993. The number of aromatic nitrogens is 2. The molecule has 1 saturated heterocycles. The Labute approximate surface area is 162 Å². The lowest BCUT2D eigenvalue weighted by molar-refractivity contribution is -0.111. The number of para-hydroxylation sites is 2. The highest BCUT2D eigenvalue weighted by molar-refractivity contribution is 6.31. The number of hydrogen-bond acceptors (Lipinski definition) is 4. The topological polar surface area (TPSA) is 58.9 Å². The zero-order valence-electron chi connectivity index (χ0n) is 14.6. The lowest BCUT2D eigenvalue weighted by Gasteiger charge is -2.30. The number of amides is 1. The number of imidazole rings is 1. The summed E-state index contributed by atoms with van der Waals surface area (Å²) in [7, 11) is 0. The van der Waals surface area contributed by atoms with Crippen molar-refractivity contribution in [3.8, 4) is 0 Å². The van der Waals surface area contributed by atoms with Crippen LogP contribution in [0.25, 0.3) is 11.7 Å². The highest BCUT2D eigenvalue weighted by atomic mass is 35.5. The van der Waals surface area contributed by atoms with Crippen LogP contribution in [0.5, 0.6) is 0 Å². The molecule has 1 N–H and O–H groups in total. The molecule has 27 heavy (non-hydrogen) atoms. The molecule has 3 aromatic rings. The van der Waals surface area contributed by atoms with E-state index in [0.717, 1.165) is 30.1 Å². The second-order valence-electron chi connectivity index (χ2n) is 6.16. The van der Waals surface area contributed by atoms with E-state index in [1.807, 2.05) is 53.1 Å². The van der Waals surface area contributed by atoms with Crippen LogP contribution in [0.1, 0.15) is 5.69 Å². The summed E-state index contributed by atoms with van der Waals surface area (Å²) in [6, 6.07) is 13.4. The number of anilines is 2. The lowest BCUT2D eigenvalue weighted by atomic mass is 10.2. The molecule has 0 saturated carbocycles. The largest absolute Gasteiger partial charge is 0.378 e. The summed E-state index contributed by atoms with van der Waals surface area (Å²) in [5.74, 6) is -0.224. The normalized spacial score (nSPS) is 14.8. The van der Waals surface area contributed by atoms with Crippen molar-refractivity contribution in [2.45, 2.75) is 0 Å². The summed E-state index contributed by atoms with van der Waals surface area (Å²) in [5.41, 5.74) is 3.18. The standard InChI is InChI=1S/C20H19ClN4O2/c21-20-17(25-10-4-3-7-18(25)23-20)8-9-19(26)22-15-5-1-2-6-16(15)24-11-13-27-14-12-24/h1-10H,11-14H2,(H,22,26)/b9-8+. The van der Waals surface area contributed by atoms with E-state index >= 15 is 0 Å². The van der Waals surface area contributed by atoms with Crippen LogP contribution in [0.3, 0.4) is 0 Å². The average molecular weight is 383 g/mol. The number of nitrogens with zero attached hydrogens (tertiary/aromatic N) is 3. The van der Waals surface area contributed by atoms with Gasteiger partial charge in [-0.3, -0.25) is 9.20 Å². The Hall–Kier alpha value is -2.83. The monoisotopic (exact) mass is 382 g/mol. The highest BCUT2D eigenvalue weighted by Gasteiger charge is 2.15. The fourth-order valence-corrected chi connectivity index (χ4v) is 3.36. The van der Waals surface area contributed by atoms with Crippen LogP contribution in [0.15, 0.2) is 54.7 Å². The maximum Gasteiger partial charge on any atom is 0.248 e. The summed E-state index contributed by atoms with van der Waals surface area (Å²) in [5, 5.41) is 3.32. The number of fused-ring (bicyclic) bond motifs is 1. The first-order valence-electron chi connectivity index (χ1n) is 8.76. The zero-order valence-corrected chi connectivity index (χ0v) is 15.4. The SMILES string of the molecule is O=C(/C=C/c1c(Cl)nc2ccccn12)Nc1ccccc1N1CCOCC1. The number of ether oxygens (including phenoxy) is 1. The number of morpholine rings is 1. The van der Waals surface area contributed by atoms with Crippen molar-refractivity contribution >= 4 is 40.6 Å². The van der Waals surface area contributed by atoms with E-state index in [1.165, 1.54) is 6.08 Å². The van der Waals surface area contributed by atoms with E-state index in [9.17, 15) is 4.79 Å². The minimum Gasteiger partial charge on any atom is -0.378 e. The van der Waals surface area contributed by atoms with Crippen molar-refractivity contribution in [2.24, 2.45) is 0 Å². The summed E-state index contributed by atoms with van der Waals surface area (Å²) in [6.45, 7) is 2.99. The minimum atomic E-state index is -0.224. The van der Waals surface area contributed by atoms with E-state index in [4.69, 9.17) is 16.3 Å². The van der Waals surface area contributed by atoms with E-state index in [2.05, 4.69) is 15.2 Å². The highest BCUT2D eigenvalue weighted by Crippen LogP contribution is 2.26. The van der Waals surface area contributed by atoms with Crippen LogP contribution in [-0.2, 0) is 9.53 Å². The first-order valence-corrected chi connectivity index (χ1v) is 9.13. The smallest absolute Gasteiger partial charge is 0.248 e. The van der Waals surface area contributed by atoms with Gasteiger partial charge in [-0.15, -0.1) is 0 Å². The van der Waals surface area contributed by atoms with E-state index in [-0.39, 0.29) is 5.91 Å². The van der Waals surface area contributed by atoms with Gasteiger partial charge in [-0.05, 0) is 30.3 Å². The summed E-state index contributed by atoms with van der Waals surface area (Å²) in [4.78, 5) is 19.0. The Morgan fingerprint density at radius 2 is 1.93 bits per heavy atom. The third-order valence-corrected chi connectivity index (χ3v) is 4.71. The molecule has 138 valence electrons. The van der Waals surface area contributed by atoms with Gasteiger partial charge in [-0.2, -0.15) is 0 Å². The van der Waals surface area contributed by atoms with Gasteiger partial charge in [0.25, 0.3) is 0 Å². The van der Waals surface area contributed by atoms with E-state index in [1.54, 1.807) is 6.08 Å². The minimum absolute atomic E-state index is 0.224. The second kappa shape index (κ2) is 7.82.